The number of amides is 1. The van der Waals surface area contributed by atoms with E-state index in [4.69, 9.17) is 12.2 Å². The normalized spacial score (nSPS) is 13.7. The van der Waals surface area contributed by atoms with Crippen molar-refractivity contribution in [3.05, 3.63) is 33.9 Å². The Bertz CT molecular complexity index is 555. The summed E-state index contributed by atoms with van der Waals surface area (Å²) in [5.41, 5.74) is 1.31. The highest BCUT2D eigenvalue weighted by atomic mass is 32.1. The number of nitrogens with zero attached hydrogens (tertiary/aromatic N) is 1. The Morgan fingerprint density at radius 3 is 2.74 bits per heavy atom. The smallest absolute Gasteiger partial charge is 0.271 e. The Kier molecular flexibility index (Phi) is 3.75. The number of carbonyl (C=O) groups excluding carboxylic acids is 1. The number of aryl methyl sites for hydroxylation is 1. The summed E-state index contributed by atoms with van der Waals surface area (Å²) in [6.07, 6.45) is 1.79. The molecule has 0 radical (unpaired) electrons. The van der Waals surface area contributed by atoms with Crippen molar-refractivity contribution in [3.8, 4) is 0 Å². The van der Waals surface area contributed by atoms with Gasteiger partial charge in [0.25, 0.3) is 5.69 Å². The molecule has 1 aliphatic rings. The van der Waals surface area contributed by atoms with Gasteiger partial charge in [-0.3, -0.25) is 14.9 Å². The van der Waals surface area contributed by atoms with Gasteiger partial charge in [-0.25, -0.2) is 0 Å². The maximum absolute atomic E-state index is 11.5. The summed E-state index contributed by atoms with van der Waals surface area (Å²) in [7, 11) is 0. The molecule has 7 heteroatoms. The second-order valence-electron chi connectivity index (χ2n) is 4.47. The average Bonchev–Trinajstić information content (AvgIpc) is 3.15. The van der Waals surface area contributed by atoms with Crippen LogP contribution in [0.1, 0.15) is 18.4 Å². The maximum Gasteiger partial charge on any atom is 0.271 e. The van der Waals surface area contributed by atoms with Gasteiger partial charge in [0.15, 0.2) is 5.11 Å². The molecule has 0 bridgehead atoms. The topological polar surface area (TPSA) is 84.3 Å². The fraction of sp³-hybridized carbons (Fsp3) is 0.333. The number of nitrogens with one attached hydrogen (secondary N) is 2. The fourth-order valence-electron chi connectivity index (χ4n) is 1.57. The molecule has 0 heterocycles. The van der Waals surface area contributed by atoms with E-state index < -0.39 is 4.92 Å². The lowest BCUT2D eigenvalue weighted by atomic mass is 10.2. The molecule has 0 aromatic heterocycles. The molecule has 1 aromatic carbocycles. The second-order valence-corrected chi connectivity index (χ2v) is 4.88. The van der Waals surface area contributed by atoms with E-state index in [1.807, 2.05) is 0 Å². The maximum atomic E-state index is 11.5. The van der Waals surface area contributed by atoms with Crippen molar-refractivity contribution in [2.45, 2.75) is 19.8 Å². The van der Waals surface area contributed by atoms with E-state index in [1.165, 1.54) is 12.1 Å². The highest BCUT2D eigenvalue weighted by Gasteiger charge is 2.30. The van der Waals surface area contributed by atoms with Gasteiger partial charge in [-0.2, -0.15) is 0 Å². The van der Waals surface area contributed by atoms with Gasteiger partial charge in [-0.1, -0.05) is 6.07 Å². The molecule has 6 nitrogen and oxygen atoms in total. The Morgan fingerprint density at radius 2 is 2.16 bits per heavy atom. The number of benzene rings is 1. The quantitative estimate of drug-likeness (QED) is 0.503. The van der Waals surface area contributed by atoms with E-state index >= 15 is 0 Å². The first-order chi connectivity index (χ1) is 8.97. The molecule has 19 heavy (non-hydrogen) atoms. The minimum Gasteiger partial charge on any atom is -0.332 e. The summed E-state index contributed by atoms with van der Waals surface area (Å²) in [6, 6.07) is 4.45. The first kappa shape index (κ1) is 13.4. The van der Waals surface area contributed by atoms with Crippen LogP contribution in [0.15, 0.2) is 18.2 Å². The summed E-state index contributed by atoms with van der Waals surface area (Å²) in [5.74, 6) is -0.0356. The van der Waals surface area contributed by atoms with Crippen LogP contribution in [0.25, 0.3) is 0 Å². The van der Waals surface area contributed by atoms with E-state index in [-0.39, 0.29) is 22.6 Å². The van der Waals surface area contributed by atoms with E-state index in [0.717, 1.165) is 18.4 Å². The molecule has 1 aliphatic carbocycles. The summed E-state index contributed by atoms with van der Waals surface area (Å²) >= 11 is 5.01. The highest BCUT2D eigenvalue weighted by molar-refractivity contribution is 7.80. The predicted octanol–water partition coefficient (Wildman–Crippen LogP) is 2.13. The minimum absolute atomic E-state index is 0.0237. The molecule has 1 aromatic rings. The lowest BCUT2D eigenvalue weighted by Gasteiger charge is -2.11. The molecular formula is C12H13N3O3S. The Hall–Kier alpha value is -2.02. The van der Waals surface area contributed by atoms with Crippen LogP contribution < -0.4 is 10.6 Å². The van der Waals surface area contributed by atoms with Crippen molar-refractivity contribution in [2.24, 2.45) is 5.92 Å². The van der Waals surface area contributed by atoms with Crippen LogP contribution in [0, 0.1) is 23.0 Å². The number of nitro benzene ring substituents is 1. The molecule has 0 atom stereocenters. The molecule has 1 saturated carbocycles. The van der Waals surface area contributed by atoms with Crippen molar-refractivity contribution in [3.63, 3.8) is 0 Å². The average molecular weight is 279 g/mol. The van der Waals surface area contributed by atoms with Crippen molar-refractivity contribution in [2.75, 3.05) is 5.32 Å². The van der Waals surface area contributed by atoms with Gasteiger partial charge in [0.05, 0.1) is 4.92 Å². The third-order valence-corrected chi connectivity index (χ3v) is 3.07. The first-order valence-electron chi connectivity index (χ1n) is 5.84. The molecular weight excluding hydrogens is 266 g/mol. The van der Waals surface area contributed by atoms with Crippen LogP contribution in [0.4, 0.5) is 11.4 Å². The standard InChI is InChI=1S/C12H13N3O3S/c1-7-2-5-9(15(17)18)6-10(7)13-12(19)14-11(16)8-3-4-8/h2,5-6,8H,3-4H2,1H3,(H2,13,14,16,19). The Morgan fingerprint density at radius 1 is 1.47 bits per heavy atom. The predicted molar refractivity (Wildman–Crippen MR) is 74.9 cm³/mol. The van der Waals surface area contributed by atoms with Gasteiger partial charge in [0.2, 0.25) is 5.91 Å². The van der Waals surface area contributed by atoms with Gasteiger partial charge in [-0.15, -0.1) is 0 Å². The number of carbonyl (C=O) groups is 1. The third kappa shape index (κ3) is 3.47. The minimum atomic E-state index is -0.476. The van der Waals surface area contributed by atoms with E-state index in [0.29, 0.717) is 5.69 Å². The lowest BCUT2D eigenvalue weighted by Crippen LogP contribution is -2.35. The zero-order valence-electron chi connectivity index (χ0n) is 10.3. The van der Waals surface area contributed by atoms with Gasteiger partial charge >= 0.3 is 0 Å². The van der Waals surface area contributed by atoms with Gasteiger partial charge in [0.1, 0.15) is 0 Å². The number of thiocarbonyl (C=S) groups is 1. The molecule has 0 saturated heterocycles. The first-order valence-corrected chi connectivity index (χ1v) is 6.25. The Labute approximate surface area is 115 Å². The third-order valence-electron chi connectivity index (χ3n) is 2.87. The van der Waals surface area contributed by atoms with Gasteiger partial charge in [-0.05, 0) is 37.5 Å². The van der Waals surface area contributed by atoms with Crippen LogP contribution in [-0.4, -0.2) is 15.9 Å². The SMILES string of the molecule is Cc1ccc([N+](=O)[O-])cc1NC(=S)NC(=O)C1CC1. The molecule has 0 aliphatic heterocycles. The van der Waals surface area contributed by atoms with Gasteiger partial charge in [0, 0.05) is 23.7 Å². The molecule has 0 unspecified atom stereocenters. The molecule has 1 amide bonds. The molecule has 2 rings (SSSR count). The van der Waals surface area contributed by atoms with Crippen LogP contribution in [-0.2, 0) is 4.79 Å². The van der Waals surface area contributed by atoms with Crippen molar-refractivity contribution >= 4 is 34.6 Å². The number of non-ortho nitro benzene ring substituents is 1. The van der Waals surface area contributed by atoms with Gasteiger partial charge < -0.3 is 10.6 Å². The molecule has 0 spiro atoms. The number of hydrogen-bond donors (Lipinski definition) is 2. The van der Waals surface area contributed by atoms with Crippen LogP contribution in [0.2, 0.25) is 0 Å². The zero-order valence-corrected chi connectivity index (χ0v) is 11.1. The van der Waals surface area contributed by atoms with E-state index in [2.05, 4.69) is 10.6 Å². The largest absolute Gasteiger partial charge is 0.332 e. The fourth-order valence-corrected chi connectivity index (χ4v) is 1.78. The second kappa shape index (κ2) is 5.31. The lowest BCUT2D eigenvalue weighted by molar-refractivity contribution is -0.384. The summed E-state index contributed by atoms with van der Waals surface area (Å²) < 4.78 is 0. The van der Waals surface area contributed by atoms with E-state index in [1.54, 1.807) is 13.0 Å². The Balaban J connectivity index is 2.04. The zero-order chi connectivity index (χ0) is 14.0. The highest BCUT2D eigenvalue weighted by Crippen LogP contribution is 2.28. The van der Waals surface area contributed by atoms with E-state index in [9.17, 15) is 14.9 Å². The monoisotopic (exact) mass is 279 g/mol. The summed E-state index contributed by atoms with van der Waals surface area (Å²) in [6.45, 7) is 1.80. The summed E-state index contributed by atoms with van der Waals surface area (Å²) in [5, 5.41) is 16.3. The van der Waals surface area contributed by atoms with Crippen molar-refractivity contribution in [1.29, 1.82) is 0 Å². The summed E-state index contributed by atoms with van der Waals surface area (Å²) in [4.78, 5) is 21.7. The number of hydrogen-bond acceptors (Lipinski definition) is 4. The van der Waals surface area contributed by atoms with Crippen molar-refractivity contribution < 1.29 is 9.72 Å². The molecule has 100 valence electrons. The van der Waals surface area contributed by atoms with Crippen molar-refractivity contribution in [1.82, 2.24) is 5.32 Å². The number of anilines is 1. The molecule has 1 fully saturated rings. The van der Waals surface area contributed by atoms with Crippen LogP contribution in [0.3, 0.4) is 0 Å². The number of rotatable bonds is 3. The van der Waals surface area contributed by atoms with Crippen LogP contribution in [0.5, 0.6) is 0 Å². The molecule has 2 N–H and O–H groups in total. The number of nitro groups is 1. The van der Waals surface area contributed by atoms with Crippen LogP contribution >= 0.6 is 12.2 Å².